The third-order valence-electron chi connectivity index (χ3n) is 7.47. The first kappa shape index (κ1) is 27.6. The second-order valence-electron chi connectivity index (χ2n) is 9.20. The second kappa shape index (κ2) is 11.6. The van der Waals surface area contributed by atoms with Crippen molar-refractivity contribution in [2.75, 3.05) is 0 Å². The highest BCUT2D eigenvalue weighted by atomic mass is 127. The molecule has 9 atom stereocenters. The number of hydrogen-bond donors (Lipinski definition) is 2. The van der Waals surface area contributed by atoms with Gasteiger partial charge in [0.25, 0.3) is 0 Å². The van der Waals surface area contributed by atoms with Gasteiger partial charge in [-0.25, -0.2) is 0 Å². The van der Waals surface area contributed by atoms with E-state index in [0.29, 0.717) is 51.7 Å². The van der Waals surface area contributed by atoms with Crippen LogP contribution in [-0.2, 0) is 9.53 Å². The van der Waals surface area contributed by atoms with E-state index in [9.17, 15) is 9.90 Å². The second-order valence-corrected chi connectivity index (χ2v) is 14.9. The number of carbonyl (C=O) groups is 1. The minimum atomic E-state index is -0.894. The van der Waals surface area contributed by atoms with Crippen molar-refractivity contribution in [3.8, 4) is 0 Å². The lowest BCUT2D eigenvalue weighted by Gasteiger charge is -2.51. The van der Waals surface area contributed by atoms with Crippen molar-refractivity contribution >= 4 is 96.3 Å². The quantitative estimate of drug-likeness (QED) is 0.256. The Morgan fingerprint density at radius 3 is 1.69 bits per heavy atom. The number of rotatable bonds is 6. The smallest absolute Gasteiger partial charge is 0.320 e. The van der Waals surface area contributed by atoms with Gasteiger partial charge in [0.1, 0.15) is 6.04 Å². The largest absolute Gasteiger partial charge is 0.480 e. The Hall–Kier alpha value is 2.31. The Balaban J connectivity index is 2.18. The van der Waals surface area contributed by atoms with Crippen LogP contribution in [0.2, 0.25) is 0 Å². The molecule has 4 nitrogen and oxygen atoms in total. The first-order valence-corrected chi connectivity index (χ1v) is 15.6. The van der Waals surface area contributed by atoms with Crippen LogP contribution in [0.25, 0.3) is 0 Å². The van der Waals surface area contributed by atoms with Crippen LogP contribution >= 0.6 is 90.4 Å². The summed E-state index contributed by atoms with van der Waals surface area (Å²) in [4.78, 5) is 11.3. The van der Waals surface area contributed by atoms with Gasteiger partial charge < -0.3 is 15.6 Å². The fraction of sp³-hybridized carbons (Fsp3) is 0.952. The molecule has 0 amide bonds. The number of nitrogens with two attached hydrogens (primary N) is 1. The molecule has 170 valence electrons. The van der Waals surface area contributed by atoms with Crippen LogP contribution in [0, 0.1) is 35.5 Å². The van der Waals surface area contributed by atoms with Crippen LogP contribution in [-0.4, -0.2) is 45.0 Å². The van der Waals surface area contributed by atoms with Gasteiger partial charge in [-0.15, -0.1) is 0 Å². The molecule has 29 heavy (non-hydrogen) atoms. The van der Waals surface area contributed by atoms with Crippen molar-refractivity contribution in [3.05, 3.63) is 0 Å². The van der Waals surface area contributed by atoms with E-state index in [-0.39, 0.29) is 12.2 Å². The predicted octanol–water partition coefficient (Wildman–Crippen LogP) is 5.97. The average molecular weight is 857 g/mol. The molecule has 0 heterocycles. The highest BCUT2D eigenvalue weighted by Crippen LogP contribution is 2.49. The van der Waals surface area contributed by atoms with Gasteiger partial charge in [-0.05, 0) is 41.9 Å². The zero-order chi connectivity index (χ0) is 22.2. The van der Waals surface area contributed by atoms with E-state index in [4.69, 9.17) is 10.5 Å². The van der Waals surface area contributed by atoms with E-state index >= 15 is 0 Å². The Morgan fingerprint density at radius 2 is 1.31 bits per heavy atom. The third kappa shape index (κ3) is 5.87. The molecular weight excluding hydrogens is 822 g/mol. The number of carboxylic acids is 1. The van der Waals surface area contributed by atoms with Gasteiger partial charge in [0.15, 0.2) is 0 Å². The zero-order valence-corrected chi connectivity index (χ0v) is 26.4. The van der Waals surface area contributed by atoms with E-state index < -0.39 is 12.0 Å². The summed E-state index contributed by atoms with van der Waals surface area (Å²) in [5.74, 6) is 2.01. The highest BCUT2D eigenvalue weighted by Gasteiger charge is 2.51. The Bertz CT molecular complexity index is 536. The molecule has 2 saturated carbocycles. The van der Waals surface area contributed by atoms with E-state index in [2.05, 4.69) is 125 Å². The van der Waals surface area contributed by atoms with Gasteiger partial charge in [0, 0.05) is 15.7 Å². The summed E-state index contributed by atoms with van der Waals surface area (Å²) in [6, 6.07) is -0.779. The summed E-state index contributed by atoms with van der Waals surface area (Å²) in [7, 11) is 0. The summed E-state index contributed by atoms with van der Waals surface area (Å²) in [6.45, 7) is 11.6. The lowest BCUT2D eigenvalue weighted by Crippen LogP contribution is -2.57. The van der Waals surface area contributed by atoms with Crippen molar-refractivity contribution in [3.63, 3.8) is 0 Å². The van der Waals surface area contributed by atoms with Crippen LogP contribution in [0.4, 0.5) is 0 Å². The Morgan fingerprint density at radius 1 is 0.862 bits per heavy atom. The summed E-state index contributed by atoms with van der Waals surface area (Å²) < 4.78 is 8.99. The molecule has 0 aromatic carbocycles. The summed E-state index contributed by atoms with van der Waals surface area (Å²) >= 11 is 10.4. The van der Waals surface area contributed by atoms with E-state index in [1.165, 1.54) is 6.42 Å². The molecule has 0 saturated heterocycles. The van der Waals surface area contributed by atoms with Crippen molar-refractivity contribution in [2.45, 2.75) is 81.4 Å². The van der Waals surface area contributed by atoms with E-state index in [0.717, 1.165) is 5.92 Å². The fourth-order valence-corrected chi connectivity index (χ4v) is 12.0. The summed E-state index contributed by atoms with van der Waals surface area (Å²) in [5, 5.41) is 9.28. The maximum absolute atomic E-state index is 11.3. The van der Waals surface area contributed by atoms with Gasteiger partial charge in [0.2, 0.25) is 0 Å². The van der Waals surface area contributed by atoms with Gasteiger partial charge in [-0.2, -0.15) is 0 Å². The Labute approximate surface area is 230 Å². The molecule has 2 fully saturated rings. The zero-order valence-electron chi connectivity index (χ0n) is 17.8. The van der Waals surface area contributed by atoms with Crippen molar-refractivity contribution in [1.82, 2.24) is 0 Å². The topological polar surface area (TPSA) is 72.5 Å². The molecule has 0 aliphatic heterocycles. The van der Waals surface area contributed by atoms with Crippen molar-refractivity contribution in [1.29, 1.82) is 0 Å². The minimum absolute atomic E-state index is 0.193. The molecule has 2 aliphatic rings. The van der Waals surface area contributed by atoms with Gasteiger partial charge in [-0.3, -0.25) is 4.79 Å². The Kier molecular flexibility index (Phi) is 11.1. The molecule has 2 rings (SSSR count). The van der Waals surface area contributed by atoms with E-state index in [1.807, 2.05) is 0 Å². The first-order chi connectivity index (χ1) is 13.4. The monoisotopic (exact) mass is 857 g/mol. The maximum Gasteiger partial charge on any atom is 0.320 e. The highest BCUT2D eigenvalue weighted by molar-refractivity contribution is 14.1. The molecule has 2 aliphatic carbocycles. The number of hydrogen-bond acceptors (Lipinski definition) is 3. The van der Waals surface area contributed by atoms with Crippen LogP contribution in [0.3, 0.4) is 0 Å². The standard InChI is InChI=1S/C21H35I4NO3/c1-6-12-15(22)10(4)19(11(5)16(12)23)29-20-17(24)8(2)13(9(3)18(20)25)7-14(26)21(27)28/h8-20H,6-7,26H2,1-5H3,(H,27,28). The van der Waals surface area contributed by atoms with Gasteiger partial charge in [0.05, 0.1) is 12.2 Å². The molecule has 3 N–H and O–H groups in total. The minimum Gasteiger partial charge on any atom is -0.480 e. The van der Waals surface area contributed by atoms with Crippen LogP contribution in [0.5, 0.6) is 0 Å². The molecule has 0 aromatic rings. The van der Waals surface area contributed by atoms with Crippen LogP contribution in [0.1, 0.15) is 47.5 Å². The van der Waals surface area contributed by atoms with Crippen LogP contribution < -0.4 is 5.73 Å². The molecule has 9 unspecified atom stereocenters. The van der Waals surface area contributed by atoms with Crippen LogP contribution in [0.15, 0.2) is 0 Å². The SMILES string of the molecule is CCC1C(I)C(C)C(OC2C(I)C(C)C(CC(N)C(=O)O)C(C)C2I)C(C)C1I. The summed E-state index contributed by atoms with van der Waals surface area (Å²) in [6.07, 6.45) is 2.25. The number of halogens is 4. The van der Waals surface area contributed by atoms with Crippen molar-refractivity contribution in [2.24, 2.45) is 41.2 Å². The summed E-state index contributed by atoms with van der Waals surface area (Å²) in [5.41, 5.74) is 5.90. The average Bonchev–Trinajstić information content (AvgIpc) is 2.68. The molecule has 0 radical (unpaired) electrons. The number of carboxylic acid groups (broad SMARTS) is 1. The third-order valence-corrected chi connectivity index (χ3v) is 15.3. The normalized spacial score (nSPS) is 49.6. The number of ether oxygens (including phenoxy) is 1. The lowest BCUT2D eigenvalue weighted by molar-refractivity contribution is -0.139. The molecule has 0 aromatic heterocycles. The van der Waals surface area contributed by atoms with Gasteiger partial charge in [-0.1, -0.05) is 131 Å². The predicted molar refractivity (Wildman–Crippen MR) is 154 cm³/mol. The fourth-order valence-electron chi connectivity index (χ4n) is 5.37. The number of alkyl halides is 4. The maximum atomic E-state index is 11.3. The number of aliphatic carboxylic acids is 1. The molecular formula is C21H35I4NO3. The lowest BCUT2D eigenvalue weighted by atomic mass is 9.69. The molecule has 0 spiro atoms. The molecule has 8 heteroatoms. The van der Waals surface area contributed by atoms with E-state index in [1.54, 1.807) is 0 Å². The first-order valence-electron chi connectivity index (χ1n) is 10.6. The van der Waals surface area contributed by atoms with Crippen molar-refractivity contribution < 1.29 is 14.6 Å². The molecule has 0 bridgehead atoms. The van der Waals surface area contributed by atoms with Gasteiger partial charge >= 0.3 is 5.97 Å².